The first kappa shape index (κ1) is 71.1. The highest BCUT2D eigenvalue weighted by atomic mass is 16.6. The van der Waals surface area contributed by atoms with Crippen LogP contribution in [0.5, 0.6) is 0 Å². The first-order valence-electron chi connectivity index (χ1n) is 32.3. The smallest absolute Gasteiger partial charge is 0.306 e. The molecule has 0 saturated carbocycles. The van der Waals surface area contributed by atoms with Gasteiger partial charge in [0.25, 0.3) is 0 Å². The van der Waals surface area contributed by atoms with Crippen molar-refractivity contribution in [2.24, 2.45) is 0 Å². The Morgan fingerprint density at radius 2 is 0.486 bits per heavy atom. The Morgan fingerprint density at radius 1 is 0.270 bits per heavy atom. The highest BCUT2D eigenvalue weighted by Gasteiger charge is 2.19. The van der Waals surface area contributed by atoms with E-state index in [1.54, 1.807) is 0 Å². The summed E-state index contributed by atoms with van der Waals surface area (Å²) in [4.78, 5) is 38.3. The lowest BCUT2D eigenvalue weighted by Gasteiger charge is -2.18. The van der Waals surface area contributed by atoms with Crippen LogP contribution in [0.25, 0.3) is 0 Å². The van der Waals surface area contributed by atoms with Crippen LogP contribution in [0.3, 0.4) is 0 Å². The zero-order chi connectivity index (χ0) is 53.6. The summed E-state index contributed by atoms with van der Waals surface area (Å²) in [5.41, 5.74) is 0. The van der Waals surface area contributed by atoms with Crippen molar-refractivity contribution in [3.8, 4) is 0 Å². The highest BCUT2D eigenvalue weighted by Crippen LogP contribution is 2.17. The van der Waals surface area contributed by atoms with E-state index in [9.17, 15) is 14.4 Å². The summed E-state index contributed by atoms with van der Waals surface area (Å²) in [6, 6.07) is 0. The fourth-order valence-electron chi connectivity index (χ4n) is 9.32. The van der Waals surface area contributed by atoms with Crippen LogP contribution in [-0.2, 0) is 28.6 Å². The molecule has 1 unspecified atom stereocenters. The van der Waals surface area contributed by atoms with E-state index in [1.807, 2.05) is 0 Å². The molecule has 0 aromatic carbocycles. The Bertz CT molecular complexity index is 1330. The van der Waals surface area contributed by atoms with E-state index in [2.05, 4.69) is 81.5 Å². The molecule has 74 heavy (non-hydrogen) atoms. The van der Waals surface area contributed by atoms with Crippen LogP contribution in [0, 0.1) is 0 Å². The molecule has 430 valence electrons. The van der Waals surface area contributed by atoms with E-state index in [1.165, 1.54) is 205 Å². The van der Waals surface area contributed by atoms with Crippen LogP contribution < -0.4 is 0 Å². The number of hydrogen-bond acceptors (Lipinski definition) is 6. The average Bonchev–Trinajstić information content (AvgIpc) is 3.40. The molecule has 0 fully saturated rings. The van der Waals surface area contributed by atoms with Gasteiger partial charge in [0.2, 0.25) is 0 Å². The normalized spacial score (nSPS) is 12.4. The van der Waals surface area contributed by atoms with Gasteiger partial charge in [-0.1, -0.05) is 268 Å². The van der Waals surface area contributed by atoms with Gasteiger partial charge in [0.05, 0.1) is 0 Å². The monoisotopic (exact) mass is 1030 g/mol. The van der Waals surface area contributed by atoms with Crippen LogP contribution >= 0.6 is 0 Å². The van der Waals surface area contributed by atoms with Crippen molar-refractivity contribution in [1.82, 2.24) is 0 Å². The van der Waals surface area contributed by atoms with Gasteiger partial charge >= 0.3 is 17.9 Å². The van der Waals surface area contributed by atoms with Crippen molar-refractivity contribution in [1.29, 1.82) is 0 Å². The van der Waals surface area contributed by atoms with E-state index in [4.69, 9.17) is 14.2 Å². The molecular weight excluding hydrogens is 913 g/mol. The number of hydrogen-bond donors (Lipinski definition) is 0. The molecular formula is C68H122O6. The largest absolute Gasteiger partial charge is 0.462 e. The number of esters is 3. The van der Waals surface area contributed by atoms with Gasteiger partial charge in [0.15, 0.2) is 6.10 Å². The number of carbonyl (C=O) groups is 3. The Balaban J connectivity index is 4.28. The standard InChI is InChI=1S/C68H122O6/c1-4-7-10-13-16-19-22-25-27-29-31-32-33-34-35-36-38-39-41-43-46-49-52-55-58-61-67(70)73-64-65(63-72-66(69)60-57-54-51-48-45-24-21-18-15-12-9-6-3)74-68(71)62-59-56-53-50-47-44-42-40-37-30-28-26-23-20-17-14-11-8-5-2/h17-18,20-21,26,28-29,31,37,40,65H,4-16,19,22-25,27,30,32-36,38-39,41-64H2,1-3H3/b20-17-,21-18-,28-26-,31-29-,40-37-. The molecule has 0 aromatic rings. The molecule has 0 aliphatic carbocycles. The molecule has 0 radical (unpaired) electrons. The Kier molecular flexibility index (Phi) is 60.2. The van der Waals surface area contributed by atoms with Crippen LogP contribution in [0.4, 0.5) is 0 Å². The second-order valence-corrected chi connectivity index (χ2v) is 21.7. The fourth-order valence-corrected chi connectivity index (χ4v) is 9.32. The van der Waals surface area contributed by atoms with Crippen LogP contribution in [0.15, 0.2) is 60.8 Å². The lowest BCUT2D eigenvalue weighted by Crippen LogP contribution is -2.30. The van der Waals surface area contributed by atoms with Crippen molar-refractivity contribution in [2.45, 2.75) is 341 Å². The number of allylic oxidation sites excluding steroid dienone is 10. The van der Waals surface area contributed by atoms with Crippen LogP contribution in [0.2, 0.25) is 0 Å². The van der Waals surface area contributed by atoms with Gasteiger partial charge in [0, 0.05) is 19.3 Å². The Morgan fingerprint density at radius 3 is 0.797 bits per heavy atom. The minimum absolute atomic E-state index is 0.0804. The van der Waals surface area contributed by atoms with E-state index < -0.39 is 6.10 Å². The van der Waals surface area contributed by atoms with Crippen LogP contribution in [0.1, 0.15) is 335 Å². The molecule has 0 bridgehead atoms. The van der Waals surface area contributed by atoms with Crippen molar-refractivity contribution in [2.75, 3.05) is 13.2 Å². The van der Waals surface area contributed by atoms with E-state index in [-0.39, 0.29) is 31.1 Å². The second-order valence-electron chi connectivity index (χ2n) is 21.7. The third kappa shape index (κ3) is 60.0. The summed E-state index contributed by atoms with van der Waals surface area (Å²) in [7, 11) is 0. The summed E-state index contributed by atoms with van der Waals surface area (Å²) >= 11 is 0. The minimum Gasteiger partial charge on any atom is -0.462 e. The number of carbonyl (C=O) groups excluding carboxylic acids is 3. The van der Waals surface area contributed by atoms with Gasteiger partial charge in [-0.25, -0.2) is 0 Å². The summed E-state index contributed by atoms with van der Waals surface area (Å²) in [5.74, 6) is -0.888. The van der Waals surface area contributed by atoms with Crippen LogP contribution in [-0.4, -0.2) is 37.2 Å². The minimum atomic E-state index is -0.785. The van der Waals surface area contributed by atoms with Gasteiger partial charge in [-0.2, -0.15) is 0 Å². The number of unbranched alkanes of at least 4 members (excludes halogenated alkanes) is 38. The first-order valence-corrected chi connectivity index (χ1v) is 32.3. The highest BCUT2D eigenvalue weighted by molar-refractivity contribution is 5.71. The first-order chi connectivity index (χ1) is 36.5. The van der Waals surface area contributed by atoms with Gasteiger partial charge in [-0.05, 0) is 109 Å². The van der Waals surface area contributed by atoms with Crippen molar-refractivity contribution < 1.29 is 28.6 Å². The number of rotatable bonds is 59. The molecule has 0 heterocycles. The topological polar surface area (TPSA) is 78.9 Å². The van der Waals surface area contributed by atoms with Crippen molar-refractivity contribution >= 4 is 17.9 Å². The van der Waals surface area contributed by atoms with E-state index in [0.717, 1.165) is 89.9 Å². The SMILES string of the molecule is CCCCC/C=C\C/C=C\C/C=C\CCCCCCCCC(=O)OC(COC(=O)CCCCCCC/C=C\CCCCC)COC(=O)CCCCCCCCCCCCCCC/C=C\CCCCCCCCCC. The quantitative estimate of drug-likeness (QED) is 0.0261. The number of ether oxygens (including phenoxy) is 3. The predicted octanol–water partition coefficient (Wildman–Crippen LogP) is 21.9. The summed E-state index contributed by atoms with van der Waals surface area (Å²) in [5, 5.41) is 0. The zero-order valence-electron chi connectivity index (χ0n) is 49.4. The molecule has 0 aliphatic rings. The van der Waals surface area contributed by atoms with E-state index >= 15 is 0 Å². The Labute approximate surface area is 460 Å². The molecule has 6 heteroatoms. The van der Waals surface area contributed by atoms with E-state index in [0.29, 0.717) is 19.3 Å². The summed E-state index contributed by atoms with van der Waals surface area (Å²) < 4.78 is 16.9. The van der Waals surface area contributed by atoms with Gasteiger partial charge in [-0.15, -0.1) is 0 Å². The average molecular weight is 1040 g/mol. The Hall–Kier alpha value is -2.89. The summed E-state index contributed by atoms with van der Waals surface area (Å²) in [6.07, 6.45) is 79.4. The van der Waals surface area contributed by atoms with Gasteiger partial charge < -0.3 is 14.2 Å². The molecule has 0 amide bonds. The molecule has 0 aliphatic heterocycles. The molecule has 0 aromatic heterocycles. The molecule has 0 saturated heterocycles. The molecule has 0 spiro atoms. The lowest BCUT2D eigenvalue weighted by molar-refractivity contribution is -0.167. The molecule has 0 N–H and O–H groups in total. The molecule has 0 rings (SSSR count). The van der Waals surface area contributed by atoms with Crippen molar-refractivity contribution in [3.05, 3.63) is 60.8 Å². The lowest BCUT2D eigenvalue weighted by atomic mass is 10.0. The maximum atomic E-state index is 12.9. The van der Waals surface area contributed by atoms with Gasteiger partial charge in [0.1, 0.15) is 13.2 Å². The fraction of sp³-hybridized carbons (Fsp3) is 0.809. The predicted molar refractivity (Wildman–Crippen MR) is 321 cm³/mol. The maximum Gasteiger partial charge on any atom is 0.306 e. The van der Waals surface area contributed by atoms with Crippen molar-refractivity contribution in [3.63, 3.8) is 0 Å². The molecule has 1 atom stereocenters. The summed E-state index contributed by atoms with van der Waals surface area (Å²) in [6.45, 7) is 6.61. The second kappa shape index (κ2) is 62.6. The zero-order valence-corrected chi connectivity index (χ0v) is 49.4. The maximum absolute atomic E-state index is 12.9. The van der Waals surface area contributed by atoms with Gasteiger partial charge in [-0.3, -0.25) is 14.4 Å². The molecule has 6 nitrogen and oxygen atoms in total. The third-order valence-electron chi connectivity index (χ3n) is 14.2. The third-order valence-corrected chi connectivity index (χ3v) is 14.2.